The number of hydrogen-bond donors (Lipinski definition) is 1. The van der Waals surface area contributed by atoms with Crippen LogP contribution in [-0.4, -0.2) is 32.2 Å². The second kappa shape index (κ2) is 7.81. The van der Waals surface area contributed by atoms with E-state index in [2.05, 4.69) is 4.74 Å². The predicted octanol–water partition coefficient (Wildman–Crippen LogP) is 2.22. The summed E-state index contributed by atoms with van der Waals surface area (Å²) in [6.45, 7) is -2.43. The summed E-state index contributed by atoms with van der Waals surface area (Å²) >= 11 is 0. The van der Waals surface area contributed by atoms with Crippen LogP contribution in [0.15, 0.2) is 24.3 Å². The molecule has 0 amide bonds. The maximum absolute atomic E-state index is 12.1. The summed E-state index contributed by atoms with van der Waals surface area (Å²) in [4.78, 5) is 11.9. The summed E-state index contributed by atoms with van der Waals surface area (Å²) < 4.78 is 33.2. The topological polar surface area (TPSA) is 61.5 Å². The fourth-order valence-corrected chi connectivity index (χ4v) is 1.57. The Hall–Kier alpha value is -1.53. The van der Waals surface area contributed by atoms with Gasteiger partial charge < -0.3 is 15.2 Å². The van der Waals surface area contributed by atoms with Gasteiger partial charge in [0.2, 0.25) is 0 Å². The fraction of sp³-hybridized carbons (Fsp3) is 0.462. The minimum atomic E-state index is -2.91. The number of hydrogen-bond acceptors (Lipinski definition) is 4. The molecular weight excluding hydrogens is 256 g/mol. The van der Waals surface area contributed by atoms with Gasteiger partial charge in [0, 0.05) is 31.7 Å². The van der Waals surface area contributed by atoms with Gasteiger partial charge in [-0.25, -0.2) is 0 Å². The van der Waals surface area contributed by atoms with Gasteiger partial charge in [0.25, 0.3) is 0 Å². The van der Waals surface area contributed by atoms with Crippen molar-refractivity contribution >= 4 is 5.78 Å². The lowest BCUT2D eigenvalue weighted by atomic mass is 10.0. The number of ether oxygens (including phenoxy) is 2. The van der Waals surface area contributed by atoms with Gasteiger partial charge in [-0.2, -0.15) is 8.78 Å². The Labute approximate surface area is 110 Å². The number of benzene rings is 1. The van der Waals surface area contributed by atoms with Crippen LogP contribution in [0, 0.1) is 0 Å². The van der Waals surface area contributed by atoms with E-state index < -0.39 is 6.61 Å². The third-order valence-electron chi connectivity index (χ3n) is 2.52. The first-order valence-corrected chi connectivity index (χ1v) is 5.85. The average Bonchev–Trinajstić information content (AvgIpc) is 2.35. The van der Waals surface area contributed by atoms with Crippen molar-refractivity contribution in [1.29, 1.82) is 0 Å². The lowest BCUT2D eigenvalue weighted by molar-refractivity contribution is -0.0498. The third-order valence-corrected chi connectivity index (χ3v) is 2.52. The lowest BCUT2D eigenvalue weighted by Crippen LogP contribution is -2.25. The highest BCUT2D eigenvalue weighted by Crippen LogP contribution is 2.17. The summed E-state index contributed by atoms with van der Waals surface area (Å²) in [5.74, 6) is -0.241. The second-order valence-electron chi connectivity index (χ2n) is 4.08. The highest BCUT2D eigenvalue weighted by Gasteiger charge is 2.13. The number of carbonyl (C=O) groups is 1. The molecule has 0 aliphatic rings. The molecule has 0 heterocycles. The standard InChI is InChI=1S/C13H17F2NO3/c1-18-6-5-10(16)8-12(17)9-3-2-4-11(7-9)19-13(14)15/h2-4,7,10,13H,5-6,8,16H2,1H3. The van der Waals surface area contributed by atoms with Gasteiger partial charge in [-0.15, -0.1) is 0 Å². The van der Waals surface area contributed by atoms with Crippen molar-refractivity contribution in [1.82, 2.24) is 0 Å². The monoisotopic (exact) mass is 273 g/mol. The number of methoxy groups -OCH3 is 1. The molecule has 1 unspecified atom stereocenters. The Bertz CT molecular complexity index is 413. The number of carbonyl (C=O) groups excluding carboxylic acids is 1. The fourth-order valence-electron chi connectivity index (χ4n) is 1.57. The summed E-state index contributed by atoms with van der Waals surface area (Å²) in [6, 6.07) is 5.38. The lowest BCUT2D eigenvalue weighted by Gasteiger charge is -2.11. The van der Waals surface area contributed by atoms with Crippen LogP contribution in [0.4, 0.5) is 8.78 Å². The van der Waals surface area contributed by atoms with Crippen molar-refractivity contribution in [3.63, 3.8) is 0 Å². The Morgan fingerprint density at radius 2 is 2.16 bits per heavy atom. The zero-order valence-electron chi connectivity index (χ0n) is 10.6. The summed E-state index contributed by atoms with van der Waals surface area (Å²) in [7, 11) is 1.56. The predicted molar refractivity (Wildman–Crippen MR) is 66.5 cm³/mol. The van der Waals surface area contributed by atoms with Gasteiger partial charge in [0.1, 0.15) is 5.75 Å². The molecule has 0 saturated heterocycles. The number of halogens is 2. The smallest absolute Gasteiger partial charge is 0.387 e. The number of ketones is 1. The van der Waals surface area contributed by atoms with Crippen LogP contribution in [0.25, 0.3) is 0 Å². The van der Waals surface area contributed by atoms with Gasteiger partial charge in [0.15, 0.2) is 5.78 Å². The molecule has 1 aromatic carbocycles. The molecule has 4 nitrogen and oxygen atoms in total. The molecule has 1 atom stereocenters. The van der Waals surface area contributed by atoms with E-state index in [1.165, 1.54) is 18.2 Å². The molecule has 0 aliphatic carbocycles. The van der Waals surface area contributed by atoms with E-state index >= 15 is 0 Å². The first-order valence-electron chi connectivity index (χ1n) is 5.85. The normalized spacial score (nSPS) is 12.5. The number of Topliss-reactive ketones (excluding diaryl/α,β-unsaturated/α-hetero) is 1. The first kappa shape index (κ1) is 15.5. The zero-order valence-corrected chi connectivity index (χ0v) is 10.6. The summed E-state index contributed by atoms with van der Waals surface area (Å²) in [5, 5.41) is 0. The molecule has 0 saturated carbocycles. The van der Waals surface area contributed by atoms with E-state index in [-0.39, 0.29) is 24.0 Å². The first-order chi connectivity index (χ1) is 9.02. The van der Waals surface area contributed by atoms with Gasteiger partial charge in [0.05, 0.1) is 0 Å². The maximum atomic E-state index is 12.1. The van der Waals surface area contributed by atoms with Crippen molar-refractivity contribution in [3.8, 4) is 5.75 Å². The molecule has 1 rings (SSSR count). The zero-order chi connectivity index (χ0) is 14.3. The van der Waals surface area contributed by atoms with Crippen LogP contribution in [0.3, 0.4) is 0 Å². The van der Waals surface area contributed by atoms with E-state index in [0.717, 1.165) is 0 Å². The van der Waals surface area contributed by atoms with Crippen LogP contribution < -0.4 is 10.5 Å². The maximum Gasteiger partial charge on any atom is 0.387 e. The van der Waals surface area contributed by atoms with Crippen LogP contribution in [0.5, 0.6) is 5.75 Å². The highest BCUT2D eigenvalue weighted by molar-refractivity contribution is 5.96. The van der Waals surface area contributed by atoms with Crippen molar-refractivity contribution in [2.45, 2.75) is 25.5 Å². The van der Waals surface area contributed by atoms with E-state index in [1.54, 1.807) is 13.2 Å². The van der Waals surface area contributed by atoms with Crippen LogP contribution in [0.1, 0.15) is 23.2 Å². The molecule has 0 bridgehead atoms. The number of rotatable bonds is 8. The summed E-state index contributed by atoms with van der Waals surface area (Å²) in [6.07, 6.45) is 0.705. The molecule has 1 aromatic rings. The molecule has 6 heteroatoms. The SMILES string of the molecule is COCCC(N)CC(=O)c1cccc(OC(F)F)c1. The molecule has 106 valence electrons. The molecule has 19 heavy (non-hydrogen) atoms. The van der Waals surface area contributed by atoms with Crippen molar-refractivity contribution < 1.29 is 23.0 Å². The molecular formula is C13H17F2NO3. The van der Waals surface area contributed by atoms with Crippen LogP contribution in [0.2, 0.25) is 0 Å². The minimum absolute atomic E-state index is 0.0358. The van der Waals surface area contributed by atoms with Gasteiger partial charge in [-0.3, -0.25) is 4.79 Å². The van der Waals surface area contributed by atoms with Crippen molar-refractivity contribution in [3.05, 3.63) is 29.8 Å². The molecule has 0 fully saturated rings. The molecule has 0 radical (unpaired) electrons. The number of nitrogens with two attached hydrogens (primary N) is 1. The van der Waals surface area contributed by atoms with E-state index in [0.29, 0.717) is 18.6 Å². The Morgan fingerprint density at radius 3 is 2.79 bits per heavy atom. The van der Waals surface area contributed by atoms with Gasteiger partial charge >= 0.3 is 6.61 Å². The van der Waals surface area contributed by atoms with E-state index in [4.69, 9.17) is 10.5 Å². The molecule has 0 aliphatic heterocycles. The van der Waals surface area contributed by atoms with Gasteiger partial charge in [-0.05, 0) is 18.6 Å². The highest BCUT2D eigenvalue weighted by atomic mass is 19.3. The quantitative estimate of drug-likeness (QED) is 0.738. The van der Waals surface area contributed by atoms with E-state index in [9.17, 15) is 13.6 Å². The Balaban J connectivity index is 2.61. The van der Waals surface area contributed by atoms with Crippen LogP contribution >= 0.6 is 0 Å². The molecule has 0 spiro atoms. The second-order valence-corrected chi connectivity index (χ2v) is 4.08. The van der Waals surface area contributed by atoms with Crippen molar-refractivity contribution in [2.24, 2.45) is 5.73 Å². The number of alkyl halides is 2. The van der Waals surface area contributed by atoms with E-state index in [1.807, 2.05) is 0 Å². The average molecular weight is 273 g/mol. The minimum Gasteiger partial charge on any atom is -0.435 e. The van der Waals surface area contributed by atoms with Crippen LogP contribution in [-0.2, 0) is 4.74 Å². The Kier molecular flexibility index (Phi) is 6.38. The third kappa shape index (κ3) is 5.76. The Morgan fingerprint density at radius 1 is 1.42 bits per heavy atom. The van der Waals surface area contributed by atoms with Gasteiger partial charge in [-0.1, -0.05) is 12.1 Å². The summed E-state index contributed by atoms with van der Waals surface area (Å²) in [5.41, 5.74) is 6.08. The largest absolute Gasteiger partial charge is 0.435 e. The molecule has 2 N–H and O–H groups in total. The van der Waals surface area contributed by atoms with Crippen molar-refractivity contribution in [2.75, 3.05) is 13.7 Å². The molecule has 0 aromatic heterocycles.